The van der Waals surface area contributed by atoms with Crippen LogP contribution >= 0.6 is 0 Å². The molecule has 0 saturated carbocycles. The molecule has 0 aliphatic rings. The molecule has 8 nitrogen and oxygen atoms in total. The Labute approximate surface area is 196 Å². The van der Waals surface area contributed by atoms with Crippen molar-refractivity contribution in [2.75, 3.05) is 45.1 Å². The zero-order valence-electron chi connectivity index (χ0n) is 20.1. The van der Waals surface area contributed by atoms with Crippen LogP contribution in [-0.4, -0.2) is 76.5 Å². The van der Waals surface area contributed by atoms with Crippen LogP contribution in [0.15, 0.2) is 59.5 Å². The predicted molar refractivity (Wildman–Crippen MR) is 129 cm³/mol. The van der Waals surface area contributed by atoms with Gasteiger partial charge in [0.15, 0.2) is 0 Å². The Morgan fingerprint density at radius 3 is 2.12 bits per heavy atom. The highest BCUT2D eigenvalue weighted by Crippen LogP contribution is 2.23. The zero-order valence-corrected chi connectivity index (χ0v) is 20.9. The van der Waals surface area contributed by atoms with E-state index in [2.05, 4.69) is 0 Å². The molecule has 0 atom stereocenters. The van der Waals surface area contributed by atoms with Crippen molar-refractivity contribution in [2.45, 2.75) is 31.3 Å². The minimum Gasteiger partial charge on any atom is -0.459 e. The molecule has 2 aromatic carbocycles. The van der Waals surface area contributed by atoms with E-state index in [0.717, 1.165) is 0 Å². The van der Waals surface area contributed by atoms with E-state index < -0.39 is 27.5 Å². The Bertz CT molecular complexity index is 1060. The number of carbonyl (C=O) groups is 2. The molecular formula is C24H33N3O5S. The van der Waals surface area contributed by atoms with Crippen LogP contribution in [0.4, 0.5) is 5.69 Å². The van der Waals surface area contributed by atoms with Gasteiger partial charge in [0.1, 0.15) is 12.1 Å². The molecule has 0 spiro atoms. The van der Waals surface area contributed by atoms with Gasteiger partial charge in [0, 0.05) is 25.7 Å². The molecule has 2 aromatic rings. The highest BCUT2D eigenvalue weighted by Gasteiger charge is 2.26. The average molecular weight is 476 g/mol. The van der Waals surface area contributed by atoms with Crippen molar-refractivity contribution in [2.24, 2.45) is 0 Å². The second-order valence-corrected chi connectivity index (χ2v) is 10.9. The van der Waals surface area contributed by atoms with E-state index in [4.69, 9.17) is 4.74 Å². The highest BCUT2D eigenvalue weighted by molar-refractivity contribution is 7.92. The molecule has 0 N–H and O–H groups in total. The summed E-state index contributed by atoms with van der Waals surface area (Å²) in [5.74, 6) is -0.968. The first-order valence-electron chi connectivity index (χ1n) is 10.6. The lowest BCUT2D eigenvalue weighted by atomic mass is 10.2. The van der Waals surface area contributed by atoms with Crippen LogP contribution in [0.5, 0.6) is 0 Å². The summed E-state index contributed by atoms with van der Waals surface area (Å²) in [5.41, 5.74) is 0.00947. The minimum atomic E-state index is -3.88. The number of nitrogens with zero attached hydrogens (tertiary/aromatic N) is 3. The number of para-hydroxylation sites is 1. The quantitative estimate of drug-likeness (QED) is 0.519. The van der Waals surface area contributed by atoms with Crippen LogP contribution in [0.25, 0.3) is 0 Å². The second-order valence-electron chi connectivity index (χ2n) is 8.95. The second kappa shape index (κ2) is 10.8. The summed E-state index contributed by atoms with van der Waals surface area (Å²) in [6, 6.07) is 14.5. The monoisotopic (exact) mass is 475 g/mol. The molecule has 0 aromatic heterocycles. The fourth-order valence-corrected chi connectivity index (χ4v) is 4.25. The van der Waals surface area contributed by atoms with E-state index >= 15 is 0 Å². The molecule has 0 aliphatic heterocycles. The number of likely N-dealkylation sites (N-methyl/N-ethyl adjacent to an activating group) is 1. The largest absolute Gasteiger partial charge is 0.459 e. The average Bonchev–Trinajstić information content (AvgIpc) is 2.75. The van der Waals surface area contributed by atoms with E-state index in [1.165, 1.54) is 34.5 Å². The fourth-order valence-electron chi connectivity index (χ4n) is 3.01. The summed E-state index contributed by atoms with van der Waals surface area (Å²) in [6.45, 7) is 5.86. The Kier molecular flexibility index (Phi) is 8.63. The number of carbonyl (C=O) groups excluding carboxylic acids is 2. The van der Waals surface area contributed by atoms with E-state index in [1.807, 2.05) is 19.0 Å². The third kappa shape index (κ3) is 7.57. The van der Waals surface area contributed by atoms with Crippen molar-refractivity contribution >= 4 is 27.6 Å². The summed E-state index contributed by atoms with van der Waals surface area (Å²) in [6.07, 6.45) is 0. The third-order valence-corrected chi connectivity index (χ3v) is 6.49. The minimum absolute atomic E-state index is 0.00969. The number of hydrogen-bond donors (Lipinski definition) is 0. The van der Waals surface area contributed by atoms with Crippen molar-refractivity contribution < 1.29 is 22.7 Å². The van der Waals surface area contributed by atoms with E-state index in [1.54, 1.807) is 57.2 Å². The normalized spacial score (nSPS) is 11.8. The molecule has 180 valence electrons. The van der Waals surface area contributed by atoms with Crippen LogP contribution in [-0.2, 0) is 19.6 Å². The topological polar surface area (TPSA) is 87.2 Å². The van der Waals surface area contributed by atoms with Gasteiger partial charge in [-0.05, 0) is 65.2 Å². The molecule has 0 radical (unpaired) electrons. The van der Waals surface area contributed by atoms with Crippen LogP contribution in [0.3, 0.4) is 0 Å². The number of benzene rings is 2. The first-order valence-corrected chi connectivity index (χ1v) is 12.0. The lowest BCUT2D eigenvalue weighted by Gasteiger charge is -2.26. The van der Waals surface area contributed by atoms with E-state index in [9.17, 15) is 18.0 Å². The van der Waals surface area contributed by atoms with Crippen LogP contribution in [0, 0.1) is 0 Å². The summed E-state index contributed by atoms with van der Waals surface area (Å²) in [7, 11) is 1.31. The van der Waals surface area contributed by atoms with Crippen molar-refractivity contribution in [3.63, 3.8) is 0 Å². The molecule has 0 heterocycles. The predicted octanol–water partition coefficient (Wildman–Crippen LogP) is 2.86. The lowest BCUT2D eigenvalue weighted by molar-refractivity contribution is -0.155. The lowest BCUT2D eigenvalue weighted by Crippen LogP contribution is -2.42. The SMILES string of the molecule is CN(C)CCN(CC(=O)OC(C)(C)C)C(=O)c1cccc(S(=O)(=O)N(C)c2ccccc2)c1. The smallest absolute Gasteiger partial charge is 0.326 e. The number of anilines is 1. The summed E-state index contributed by atoms with van der Waals surface area (Å²) in [5, 5.41) is 0. The molecule has 0 unspecified atom stereocenters. The Hall–Kier alpha value is -2.91. The first kappa shape index (κ1) is 26.3. The maximum Gasteiger partial charge on any atom is 0.326 e. The molecule has 0 bridgehead atoms. The van der Waals surface area contributed by atoms with Crippen LogP contribution in [0.2, 0.25) is 0 Å². The maximum atomic E-state index is 13.3. The van der Waals surface area contributed by atoms with Gasteiger partial charge in [-0.25, -0.2) is 8.42 Å². The number of sulfonamides is 1. The van der Waals surface area contributed by atoms with Crippen LogP contribution in [0.1, 0.15) is 31.1 Å². The summed E-state index contributed by atoms with van der Waals surface area (Å²) in [4.78, 5) is 28.9. The zero-order chi connectivity index (χ0) is 24.8. The van der Waals surface area contributed by atoms with Gasteiger partial charge in [-0.1, -0.05) is 24.3 Å². The van der Waals surface area contributed by atoms with Crippen LogP contribution < -0.4 is 4.31 Å². The molecular weight excluding hydrogens is 442 g/mol. The molecule has 9 heteroatoms. The number of amides is 1. The molecule has 0 fully saturated rings. The van der Waals surface area contributed by atoms with Gasteiger partial charge in [0.25, 0.3) is 15.9 Å². The molecule has 1 amide bonds. The summed E-state index contributed by atoms with van der Waals surface area (Å²) < 4.78 is 32.8. The molecule has 0 aliphatic carbocycles. The fraction of sp³-hybridized carbons (Fsp3) is 0.417. The standard InChI is InChI=1S/C24H33N3O5S/c1-24(2,3)32-22(28)18-27(16-15-25(4)5)23(29)19-11-10-14-21(17-19)33(30,31)26(6)20-12-8-7-9-13-20/h7-14,17H,15-16,18H2,1-6H3. The summed E-state index contributed by atoms with van der Waals surface area (Å²) >= 11 is 0. The van der Waals surface area contributed by atoms with E-state index in [0.29, 0.717) is 12.2 Å². The first-order chi connectivity index (χ1) is 15.3. The van der Waals surface area contributed by atoms with Gasteiger partial charge in [-0.3, -0.25) is 13.9 Å². The Morgan fingerprint density at radius 1 is 0.909 bits per heavy atom. The van der Waals surface area contributed by atoms with Gasteiger partial charge < -0.3 is 14.5 Å². The molecule has 0 saturated heterocycles. The number of esters is 1. The number of ether oxygens (including phenoxy) is 1. The van der Waals surface area contributed by atoms with Crippen molar-refractivity contribution in [1.82, 2.24) is 9.80 Å². The van der Waals surface area contributed by atoms with Crippen molar-refractivity contribution in [1.29, 1.82) is 0 Å². The maximum absolute atomic E-state index is 13.3. The molecule has 33 heavy (non-hydrogen) atoms. The van der Waals surface area contributed by atoms with E-state index in [-0.39, 0.29) is 23.5 Å². The number of rotatable bonds is 9. The van der Waals surface area contributed by atoms with Gasteiger partial charge >= 0.3 is 5.97 Å². The van der Waals surface area contributed by atoms with Crippen molar-refractivity contribution in [3.8, 4) is 0 Å². The Morgan fingerprint density at radius 2 is 1.55 bits per heavy atom. The van der Waals surface area contributed by atoms with Gasteiger partial charge in [0.05, 0.1) is 10.6 Å². The number of hydrogen-bond acceptors (Lipinski definition) is 6. The van der Waals surface area contributed by atoms with Gasteiger partial charge in [-0.15, -0.1) is 0 Å². The highest BCUT2D eigenvalue weighted by atomic mass is 32.2. The van der Waals surface area contributed by atoms with Crippen molar-refractivity contribution in [3.05, 3.63) is 60.2 Å². The Balaban J connectivity index is 2.32. The third-order valence-electron chi connectivity index (χ3n) is 4.70. The molecule has 2 rings (SSSR count). The van der Waals surface area contributed by atoms with Gasteiger partial charge in [-0.2, -0.15) is 0 Å². The van der Waals surface area contributed by atoms with Gasteiger partial charge in [0.2, 0.25) is 0 Å².